The van der Waals surface area contributed by atoms with Gasteiger partial charge in [0.1, 0.15) is 0 Å². The summed E-state index contributed by atoms with van der Waals surface area (Å²) in [6.07, 6.45) is 0. The van der Waals surface area contributed by atoms with Crippen LogP contribution < -0.4 is 59.1 Å². The zero-order valence-corrected chi connectivity index (χ0v) is 11.7. The number of alkyl halides is 1. The van der Waals surface area contributed by atoms with Gasteiger partial charge in [-0.15, -0.1) is 11.6 Å². The van der Waals surface area contributed by atoms with Crippen molar-refractivity contribution in [1.29, 1.82) is 0 Å². The van der Waals surface area contributed by atoms with Gasteiger partial charge in [-0.1, -0.05) is 6.92 Å². The summed E-state index contributed by atoms with van der Waals surface area (Å²) in [5, 5.41) is 0. The van der Waals surface area contributed by atoms with Crippen molar-refractivity contribution in [2.45, 2.75) is 6.92 Å². The van der Waals surface area contributed by atoms with Crippen molar-refractivity contribution in [2.24, 2.45) is 0 Å². The van der Waals surface area contributed by atoms with Crippen LogP contribution in [0.15, 0.2) is 0 Å². The normalized spacial score (nSPS) is 7.60. The summed E-state index contributed by atoms with van der Waals surface area (Å²) in [5.74, 6) is 0.722. The Morgan fingerprint density at radius 3 is 1.30 bits per heavy atom. The third-order valence-corrected chi connectivity index (χ3v) is 0. The van der Waals surface area contributed by atoms with Crippen LogP contribution in [-0.4, -0.2) is 23.4 Å². The van der Waals surface area contributed by atoms with Crippen molar-refractivity contribution in [1.82, 2.24) is 0 Å². The molecule has 8 heteroatoms. The third kappa shape index (κ3) is 183. The molecule has 0 aliphatic rings. The molecule has 0 fully saturated rings. The first-order valence-electron chi connectivity index (χ1n) is 1.64. The largest absolute Gasteiger partial charge is 1.00 e. The average Bonchev–Trinajstić information content (AvgIpc) is 1.27. The van der Waals surface area contributed by atoms with Crippen molar-refractivity contribution in [3.63, 3.8) is 0 Å². The Kier molecular flexibility index (Phi) is 31.2. The summed E-state index contributed by atoms with van der Waals surface area (Å²) in [4.78, 5) is 0. The van der Waals surface area contributed by atoms with Crippen molar-refractivity contribution in [2.75, 3.05) is 5.88 Å². The molecule has 0 rings (SSSR count). The van der Waals surface area contributed by atoms with Gasteiger partial charge in [0.15, 0.2) is 0 Å². The minimum Gasteiger partial charge on any atom is -0.759 e. The van der Waals surface area contributed by atoms with Gasteiger partial charge in [-0.2, -0.15) is 0 Å². The Bertz CT molecular complexity index is 115. The molecule has 0 amide bonds. The molecule has 0 heterocycles. The molecule has 0 aliphatic heterocycles. The van der Waals surface area contributed by atoms with E-state index in [1.54, 1.807) is 0 Å². The summed E-state index contributed by atoms with van der Waals surface area (Å²) < 4.78 is 34.1. The van der Waals surface area contributed by atoms with Crippen LogP contribution in [0, 0.1) is 0 Å². The van der Waals surface area contributed by atoms with E-state index in [1.807, 2.05) is 6.92 Å². The summed E-state index contributed by atoms with van der Waals surface area (Å²) in [6, 6.07) is 0. The van der Waals surface area contributed by atoms with Crippen LogP contribution in [0.2, 0.25) is 0 Å². The van der Waals surface area contributed by atoms with Gasteiger partial charge in [-0.3, -0.25) is 8.42 Å². The predicted octanol–water partition coefficient (Wildman–Crippen LogP) is -6.08. The SMILES string of the molecule is CCCl.O=S(=O)([O-])[O-].[Na+].[Na+]. The standard InChI is InChI=1S/C2H5Cl.2Na.H2O4S/c1-2-3;;;1-5(2,3)4/h2H2,1H3;;;(H2,1,2,3,4)/q;2*+1;/p-2. The van der Waals surface area contributed by atoms with E-state index in [0.717, 1.165) is 5.88 Å². The second kappa shape index (κ2) is 13.7. The number of hydrogen-bond acceptors (Lipinski definition) is 4. The minimum absolute atomic E-state index is 0. The smallest absolute Gasteiger partial charge is 0.759 e. The summed E-state index contributed by atoms with van der Waals surface area (Å²) in [7, 11) is -5.17. The summed E-state index contributed by atoms with van der Waals surface area (Å²) in [5.41, 5.74) is 0. The maximum absolute atomic E-state index is 8.52. The molecule has 0 saturated heterocycles. The minimum atomic E-state index is -5.17. The molecule has 0 aliphatic carbocycles. The zero-order valence-electron chi connectivity index (χ0n) is 6.13. The van der Waals surface area contributed by atoms with Crippen molar-refractivity contribution >= 4 is 22.0 Å². The molecule has 0 bridgehead atoms. The monoisotopic (exact) mass is 206 g/mol. The third-order valence-electron chi connectivity index (χ3n) is 0. The van der Waals surface area contributed by atoms with Gasteiger partial charge >= 0.3 is 59.1 Å². The van der Waals surface area contributed by atoms with Crippen LogP contribution in [0.4, 0.5) is 0 Å². The average molecular weight is 207 g/mol. The van der Waals surface area contributed by atoms with Gasteiger partial charge in [-0.05, 0) is 0 Å². The van der Waals surface area contributed by atoms with Gasteiger partial charge in [0.05, 0.1) is 0 Å². The second-order valence-electron chi connectivity index (χ2n) is 0.676. The van der Waals surface area contributed by atoms with Crippen LogP contribution in [0.3, 0.4) is 0 Å². The van der Waals surface area contributed by atoms with Crippen LogP contribution >= 0.6 is 11.6 Å². The first kappa shape index (κ1) is 22.7. The quantitative estimate of drug-likeness (QED) is 0.171. The number of halogens is 1. The molecule has 0 aromatic rings. The van der Waals surface area contributed by atoms with Crippen LogP contribution in [0.5, 0.6) is 0 Å². The first-order chi connectivity index (χ1) is 3.41. The summed E-state index contributed by atoms with van der Waals surface area (Å²) in [6.45, 7) is 1.89. The number of rotatable bonds is 0. The molecule has 0 saturated carbocycles. The zero-order chi connectivity index (χ0) is 7.21. The molecule has 0 aromatic carbocycles. The fraction of sp³-hybridized carbons (Fsp3) is 1.00. The second-order valence-corrected chi connectivity index (χ2v) is 2.03. The van der Waals surface area contributed by atoms with Gasteiger partial charge in [-0.25, -0.2) is 0 Å². The van der Waals surface area contributed by atoms with Crippen molar-refractivity contribution < 1.29 is 76.6 Å². The van der Waals surface area contributed by atoms with E-state index in [1.165, 1.54) is 0 Å². The topological polar surface area (TPSA) is 80.3 Å². The van der Waals surface area contributed by atoms with E-state index in [4.69, 9.17) is 29.1 Å². The van der Waals surface area contributed by atoms with Crippen LogP contribution in [0.1, 0.15) is 6.92 Å². The van der Waals surface area contributed by atoms with Gasteiger partial charge in [0.2, 0.25) is 0 Å². The molecule has 4 nitrogen and oxygen atoms in total. The van der Waals surface area contributed by atoms with E-state index < -0.39 is 10.4 Å². The maximum Gasteiger partial charge on any atom is 1.00 e. The molecule has 0 radical (unpaired) electrons. The molecular weight excluding hydrogens is 202 g/mol. The molecule has 0 atom stereocenters. The Morgan fingerprint density at radius 1 is 1.30 bits per heavy atom. The molecule has 0 unspecified atom stereocenters. The fourth-order valence-corrected chi connectivity index (χ4v) is 0. The van der Waals surface area contributed by atoms with Crippen molar-refractivity contribution in [3.8, 4) is 0 Å². The van der Waals surface area contributed by atoms with E-state index >= 15 is 0 Å². The Labute approximate surface area is 110 Å². The molecular formula is C2H5ClNa2O4S. The fourth-order valence-electron chi connectivity index (χ4n) is 0. The predicted molar refractivity (Wildman–Crippen MR) is 26.9 cm³/mol. The Morgan fingerprint density at radius 2 is 1.30 bits per heavy atom. The van der Waals surface area contributed by atoms with E-state index in [-0.39, 0.29) is 59.1 Å². The molecule has 0 N–H and O–H groups in total. The number of hydrogen-bond donors (Lipinski definition) is 0. The molecule has 0 aromatic heterocycles. The first-order valence-corrected chi connectivity index (χ1v) is 3.51. The van der Waals surface area contributed by atoms with E-state index in [0.29, 0.717) is 0 Å². The maximum atomic E-state index is 8.52. The molecule has 52 valence electrons. The van der Waals surface area contributed by atoms with Gasteiger partial charge < -0.3 is 9.11 Å². The van der Waals surface area contributed by atoms with Gasteiger partial charge in [0.25, 0.3) is 0 Å². The van der Waals surface area contributed by atoms with E-state index in [9.17, 15) is 0 Å². The Hall–Kier alpha value is 2.16. The molecule has 0 spiro atoms. The summed E-state index contributed by atoms with van der Waals surface area (Å²) >= 11 is 5.00. The van der Waals surface area contributed by atoms with Crippen LogP contribution in [0.25, 0.3) is 0 Å². The van der Waals surface area contributed by atoms with Gasteiger partial charge in [0, 0.05) is 16.3 Å². The van der Waals surface area contributed by atoms with Crippen LogP contribution in [-0.2, 0) is 10.4 Å². The van der Waals surface area contributed by atoms with E-state index in [2.05, 4.69) is 0 Å². The van der Waals surface area contributed by atoms with Crippen molar-refractivity contribution in [3.05, 3.63) is 0 Å². The molecule has 10 heavy (non-hydrogen) atoms. The Balaban J connectivity index is -0.0000000326.